The smallest absolute Gasteiger partial charge is 0.0715 e. The fraction of sp³-hybridized carbons (Fsp3) is 1.00. The molecule has 0 heterocycles. The van der Waals surface area contributed by atoms with E-state index in [4.69, 9.17) is 0 Å². The Kier molecular flexibility index (Phi) is 4.39. The molecule has 0 aliphatic heterocycles. The lowest BCUT2D eigenvalue weighted by Crippen LogP contribution is -2.38. The fourth-order valence-electron chi connectivity index (χ4n) is 2.26. The number of nitrogens with one attached hydrogen (secondary N) is 1. The van der Waals surface area contributed by atoms with Gasteiger partial charge in [0, 0.05) is 6.54 Å². The average molecular weight is 199 g/mol. The summed E-state index contributed by atoms with van der Waals surface area (Å²) in [7, 11) is 0. The SMILES string of the molecule is CC1CCCCC1CNCC(C)(C)O. The Morgan fingerprint density at radius 3 is 2.50 bits per heavy atom. The molecular weight excluding hydrogens is 174 g/mol. The van der Waals surface area contributed by atoms with Crippen LogP contribution in [0.15, 0.2) is 0 Å². The van der Waals surface area contributed by atoms with Gasteiger partial charge < -0.3 is 10.4 Å². The molecule has 14 heavy (non-hydrogen) atoms. The molecule has 1 saturated carbocycles. The maximum absolute atomic E-state index is 9.55. The standard InChI is InChI=1S/C12H25NO/c1-10-6-4-5-7-11(10)8-13-9-12(2,3)14/h10-11,13-14H,4-9H2,1-3H3. The quantitative estimate of drug-likeness (QED) is 0.727. The number of aliphatic hydroxyl groups is 1. The van der Waals surface area contributed by atoms with Crippen LogP contribution in [-0.4, -0.2) is 23.8 Å². The van der Waals surface area contributed by atoms with Crippen molar-refractivity contribution >= 4 is 0 Å². The van der Waals surface area contributed by atoms with Crippen molar-refractivity contribution in [2.45, 2.75) is 52.1 Å². The van der Waals surface area contributed by atoms with Crippen LogP contribution in [0.25, 0.3) is 0 Å². The molecule has 2 heteroatoms. The second kappa shape index (κ2) is 5.13. The molecule has 1 aliphatic rings. The molecule has 0 aromatic heterocycles. The molecule has 0 bridgehead atoms. The topological polar surface area (TPSA) is 32.3 Å². The number of rotatable bonds is 4. The monoisotopic (exact) mass is 199 g/mol. The van der Waals surface area contributed by atoms with E-state index in [9.17, 15) is 5.11 Å². The average Bonchev–Trinajstić information content (AvgIpc) is 2.06. The lowest BCUT2D eigenvalue weighted by molar-refractivity contribution is 0.0767. The van der Waals surface area contributed by atoms with E-state index < -0.39 is 5.60 Å². The molecule has 0 spiro atoms. The first-order valence-corrected chi connectivity index (χ1v) is 5.92. The Morgan fingerprint density at radius 2 is 1.93 bits per heavy atom. The van der Waals surface area contributed by atoms with Crippen molar-refractivity contribution in [2.75, 3.05) is 13.1 Å². The molecule has 1 rings (SSSR count). The van der Waals surface area contributed by atoms with Crippen LogP contribution in [0.1, 0.15) is 46.5 Å². The molecule has 2 atom stereocenters. The highest BCUT2D eigenvalue weighted by atomic mass is 16.3. The van der Waals surface area contributed by atoms with Crippen molar-refractivity contribution in [3.8, 4) is 0 Å². The molecule has 1 aliphatic carbocycles. The minimum atomic E-state index is -0.572. The van der Waals surface area contributed by atoms with Crippen LogP contribution in [-0.2, 0) is 0 Å². The van der Waals surface area contributed by atoms with Crippen LogP contribution >= 0.6 is 0 Å². The van der Waals surface area contributed by atoms with Gasteiger partial charge in [0.1, 0.15) is 0 Å². The third kappa shape index (κ3) is 4.43. The minimum Gasteiger partial charge on any atom is -0.389 e. The Bertz CT molecular complexity index is 162. The summed E-state index contributed by atoms with van der Waals surface area (Å²) in [6.45, 7) is 7.84. The van der Waals surface area contributed by atoms with Gasteiger partial charge in [0.2, 0.25) is 0 Å². The predicted octanol–water partition coefficient (Wildman–Crippen LogP) is 2.17. The Labute approximate surface area is 88.1 Å². The summed E-state index contributed by atoms with van der Waals surface area (Å²) in [5.74, 6) is 1.68. The van der Waals surface area contributed by atoms with Gasteiger partial charge in [0.15, 0.2) is 0 Å². The molecule has 2 N–H and O–H groups in total. The maximum atomic E-state index is 9.55. The van der Waals surface area contributed by atoms with Crippen LogP contribution in [0, 0.1) is 11.8 Å². The summed E-state index contributed by atoms with van der Waals surface area (Å²) in [4.78, 5) is 0. The first kappa shape index (κ1) is 12.0. The molecule has 0 aromatic carbocycles. The van der Waals surface area contributed by atoms with Crippen LogP contribution in [0.3, 0.4) is 0 Å². The van der Waals surface area contributed by atoms with Gasteiger partial charge in [0.05, 0.1) is 5.60 Å². The lowest BCUT2D eigenvalue weighted by atomic mass is 9.80. The molecular formula is C12H25NO. The first-order valence-electron chi connectivity index (χ1n) is 5.92. The van der Waals surface area contributed by atoms with Gasteiger partial charge in [-0.15, -0.1) is 0 Å². The van der Waals surface area contributed by atoms with Crippen molar-refractivity contribution < 1.29 is 5.11 Å². The van der Waals surface area contributed by atoms with Crippen molar-refractivity contribution in [3.05, 3.63) is 0 Å². The summed E-state index contributed by atoms with van der Waals surface area (Å²) < 4.78 is 0. The van der Waals surface area contributed by atoms with E-state index in [1.54, 1.807) is 0 Å². The van der Waals surface area contributed by atoms with Crippen molar-refractivity contribution in [1.82, 2.24) is 5.32 Å². The second-order valence-corrected chi connectivity index (χ2v) is 5.47. The third-order valence-electron chi connectivity index (χ3n) is 3.25. The summed E-state index contributed by atoms with van der Waals surface area (Å²) in [5, 5.41) is 12.9. The van der Waals surface area contributed by atoms with Crippen molar-refractivity contribution in [3.63, 3.8) is 0 Å². The van der Waals surface area contributed by atoms with Gasteiger partial charge in [-0.3, -0.25) is 0 Å². The number of hydrogen-bond donors (Lipinski definition) is 2. The fourth-order valence-corrected chi connectivity index (χ4v) is 2.26. The normalized spacial score (nSPS) is 29.1. The molecule has 2 unspecified atom stereocenters. The van der Waals surface area contributed by atoms with Crippen LogP contribution in [0.2, 0.25) is 0 Å². The zero-order valence-corrected chi connectivity index (χ0v) is 9.84. The Hall–Kier alpha value is -0.0800. The van der Waals surface area contributed by atoms with E-state index in [-0.39, 0.29) is 0 Å². The summed E-state index contributed by atoms with van der Waals surface area (Å²) in [6.07, 6.45) is 5.54. The molecule has 1 fully saturated rings. The molecule has 0 radical (unpaired) electrons. The highest BCUT2D eigenvalue weighted by Gasteiger charge is 2.21. The largest absolute Gasteiger partial charge is 0.389 e. The van der Waals surface area contributed by atoms with Crippen LogP contribution in [0.4, 0.5) is 0 Å². The number of hydrogen-bond acceptors (Lipinski definition) is 2. The minimum absolute atomic E-state index is 0.572. The van der Waals surface area contributed by atoms with E-state index in [0.29, 0.717) is 6.54 Å². The molecule has 0 amide bonds. The lowest BCUT2D eigenvalue weighted by Gasteiger charge is -2.30. The van der Waals surface area contributed by atoms with E-state index in [1.807, 2.05) is 13.8 Å². The second-order valence-electron chi connectivity index (χ2n) is 5.47. The summed E-state index contributed by atoms with van der Waals surface area (Å²) in [6, 6.07) is 0. The Balaban J connectivity index is 2.17. The molecule has 84 valence electrons. The highest BCUT2D eigenvalue weighted by Crippen LogP contribution is 2.28. The molecule has 2 nitrogen and oxygen atoms in total. The molecule has 0 saturated heterocycles. The van der Waals surface area contributed by atoms with E-state index >= 15 is 0 Å². The van der Waals surface area contributed by atoms with Crippen LogP contribution in [0.5, 0.6) is 0 Å². The van der Waals surface area contributed by atoms with Gasteiger partial charge in [0.25, 0.3) is 0 Å². The van der Waals surface area contributed by atoms with Gasteiger partial charge >= 0.3 is 0 Å². The summed E-state index contributed by atoms with van der Waals surface area (Å²) in [5.41, 5.74) is -0.572. The van der Waals surface area contributed by atoms with Gasteiger partial charge in [-0.2, -0.15) is 0 Å². The van der Waals surface area contributed by atoms with Crippen molar-refractivity contribution in [2.24, 2.45) is 11.8 Å². The van der Waals surface area contributed by atoms with E-state index in [2.05, 4.69) is 12.2 Å². The van der Waals surface area contributed by atoms with Gasteiger partial charge in [-0.1, -0.05) is 26.2 Å². The van der Waals surface area contributed by atoms with Gasteiger partial charge in [-0.25, -0.2) is 0 Å². The van der Waals surface area contributed by atoms with Crippen molar-refractivity contribution in [1.29, 1.82) is 0 Å². The predicted molar refractivity (Wildman–Crippen MR) is 60.3 cm³/mol. The maximum Gasteiger partial charge on any atom is 0.0715 e. The Morgan fingerprint density at radius 1 is 1.29 bits per heavy atom. The van der Waals surface area contributed by atoms with E-state index in [0.717, 1.165) is 18.4 Å². The van der Waals surface area contributed by atoms with E-state index in [1.165, 1.54) is 25.7 Å². The highest BCUT2D eigenvalue weighted by molar-refractivity contribution is 4.76. The molecule has 0 aromatic rings. The first-order chi connectivity index (χ1) is 6.49. The zero-order valence-electron chi connectivity index (χ0n) is 9.84. The van der Waals surface area contributed by atoms with Gasteiger partial charge in [-0.05, 0) is 38.6 Å². The third-order valence-corrected chi connectivity index (χ3v) is 3.25. The zero-order chi connectivity index (χ0) is 10.6. The summed E-state index contributed by atoms with van der Waals surface area (Å²) >= 11 is 0. The van der Waals surface area contributed by atoms with Crippen LogP contribution < -0.4 is 5.32 Å².